The number of hydrogen-bond acceptors (Lipinski definition) is 3. The summed E-state index contributed by atoms with van der Waals surface area (Å²) in [7, 11) is 0. The molecule has 4 N–H and O–H groups in total. The zero-order valence-electron chi connectivity index (χ0n) is 12.1. The summed E-state index contributed by atoms with van der Waals surface area (Å²) in [6.07, 6.45) is 5.63. The summed E-state index contributed by atoms with van der Waals surface area (Å²) >= 11 is 0. The third kappa shape index (κ3) is 3.97. The first-order valence-electron chi connectivity index (χ1n) is 7.48. The molecule has 20 heavy (non-hydrogen) atoms. The minimum Gasteiger partial charge on any atom is -0.409 e. The van der Waals surface area contributed by atoms with Gasteiger partial charge in [0, 0.05) is 18.5 Å². The van der Waals surface area contributed by atoms with E-state index < -0.39 is 0 Å². The van der Waals surface area contributed by atoms with Crippen LogP contribution in [0.25, 0.3) is 0 Å². The van der Waals surface area contributed by atoms with Crippen LogP contribution in [-0.4, -0.2) is 17.1 Å². The zero-order chi connectivity index (χ0) is 14.4. The highest BCUT2D eigenvalue weighted by Gasteiger charge is 2.25. The number of nitrogens with one attached hydrogen (secondary N) is 1. The molecule has 0 radical (unpaired) electrons. The Morgan fingerprint density at radius 2 is 2.05 bits per heavy atom. The molecule has 0 aromatic heterocycles. The Labute approximate surface area is 121 Å². The van der Waals surface area contributed by atoms with Gasteiger partial charge in [0.15, 0.2) is 0 Å². The van der Waals surface area contributed by atoms with Gasteiger partial charge in [-0.3, -0.25) is 0 Å². The van der Waals surface area contributed by atoms with E-state index in [0.29, 0.717) is 18.4 Å². The first-order chi connectivity index (χ1) is 9.70. The third-order valence-electron chi connectivity index (χ3n) is 4.27. The third-order valence-corrected chi connectivity index (χ3v) is 4.27. The Morgan fingerprint density at radius 3 is 2.70 bits per heavy atom. The van der Waals surface area contributed by atoms with Gasteiger partial charge in [-0.15, -0.1) is 0 Å². The topological polar surface area (TPSA) is 70.6 Å². The summed E-state index contributed by atoms with van der Waals surface area (Å²) in [4.78, 5) is 0. The highest BCUT2D eigenvalue weighted by atomic mass is 16.4. The predicted octanol–water partition coefficient (Wildman–Crippen LogP) is 3.03. The van der Waals surface area contributed by atoms with E-state index >= 15 is 0 Å². The van der Waals surface area contributed by atoms with Crippen LogP contribution < -0.4 is 11.1 Å². The number of oxime groups is 1. The number of amidine groups is 1. The molecule has 3 atom stereocenters. The molecule has 1 aromatic carbocycles. The van der Waals surface area contributed by atoms with Gasteiger partial charge in [0.2, 0.25) is 0 Å². The van der Waals surface area contributed by atoms with Crippen LogP contribution in [0.4, 0.5) is 0 Å². The van der Waals surface area contributed by atoms with Gasteiger partial charge in [-0.1, -0.05) is 55.3 Å². The number of rotatable bonds is 5. The SMILES string of the molecule is CC1CCCCC1NC(CC(N)=NO)c1ccccc1. The molecule has 1 aliphatic carbocycles. The van der Waals surface area contributed by atoms with E-state index in [4.69, 9.17) is 10.9 Å². The second kappa shape index (κ2) is 7.29. The number of nitrogens with zero attached hydrogens (tertiary/aromatic N) is 1. The van der Waals surface area contributed by atoms with Crippen LogP contribution in [0.1, 0.15) is 50.6 Å². The van der Waals surface area contributed by atoms with Crippen molar-refractivity contribution in [1.29, 1.82) is 0 Å². The fourth-order valence-electron chi connectivity index (χ4n) is 3.03. The Balaban J connectivity index is 2.10. The maximum Gasteiger partial charge on any atom is 0.141 e. The fourth-order valence-corrected chi connectivity index (χ4v) is 3.03. The van der Waals surface area contributed by atoms with Gasteiger partial charge in [-0.2, -0.15) is 0 Å². The summed E-state index contributed by atoms with van der Waals surface area (Å²) in [6, 6.07) is 10.9. The number of hydrogen-bond donors (Lipinski definition) is 3. The first-order valence-corrected chi connectivity index (χ1v) is 7.48. The zero-order valence-corrected chi connectivity index (χ0v) is 12.1. The van der Waals surface area contributed by atoms with Gasteiger partial charge in [-0.05, 0) is 24.3 Å². The highest BCUT2D eigenvalue weighted by Crippen LogP contribution is 2.27. The van der Waals surface area contributed by atoms with Crippen LogP contribution in [0.2, 0.25) is 0 Å². The minimum atomic E-state index is 0.109. The van der Waals surface area contributed by atoms with Crippen molar-refractivity contribution in [3.05, 3.63) is 35.9 Å². The van der Waals surface area contributed by atoms with Crippen molar-refractivity contribution >= 4 is 5.84 Å². The van der Waals surface area contributed by atoms with Crippen molar-refractivity contribution in [3.63, 3.8) is 0 Å². The lowest BCUT2D eigenvalue weighted by Gasteiger charge is -2.33. The van der Waals surface area contributed by atoms with Crippen LogP contribution in [0, 0.1) is 5.92 Å². The van der Waals surface area contributed by atoms with E-state index in [1.54, 1.807) is 0 Å². The van der Waals surface area contributed by atoms with Crippen molar-refractivity contribution in [2.75, 3.05) is 0 Å². The molecule has 1 fully saturated rings. The molecule has 0 aliphatic heterocycles. The number of nitrogens with two attached hydrogens (primary N) is 1. The molecule has 0 spiro atoms. The Morgan fingerprint density at radius 1 is 1.35 bits per heavy atom. The molecule has 0 bridgehead atoms. The molecular formula is C16H25N3O. The van der Waals surface area contributed by atoms with Gasteiger partial charge in [0.1, 0.15) is 5.84 Å². The average molecular weight is 275 g/mol. The summed E-state index contributed by atoms with van der Waals surface area (Å²) in [5, 5.41) is 15.7. The molecule has 1 aliphatic rings. The second-order valence-corrected chi connectivity index (χ2v) is 5.79. The van der Waals surface area contributed by atoms with Gasteiger partial charge in [0.25, 0.3) is 0 Å². The van der Waals surface area contributed by atoms with E-state index in [1.807, 2.05) is 18.2 Å². The lowest BCUT2D eigenvalue weighted by Crippen LogP contribution is -2.40. The molecule has 3 unspecified atom stereocenters. The van der Waals surface area contributed by atoms with Gasteiger partial charge >= 0.3 is 0 Å². The molecule has 0 amide bonds. The molecule has 2 rings (SSSR count). The predicted molar refractivity (Wildman–Crippen MR) is 81.8 cm³/mol. The van der Waals surface area contributed by atoms with Crippen molar-refractivity contribution in [2.24, 2.45) is 16.8 Å². The van der Waals surface area contributed by atoms with Gasteiger partial charge in [0.05, 0.1) is 0 Å². The molecule has 4 heteroatoms. The van der Waals surface area contributed by atoms with Crippen LogP contribution in [0.3, 0.4) is 0 Å². The Kier molecular flexibility index (Phi) is 5.41. The van der Waals surface area contributed by atoms with Crippen LogP contribution in [-0.2, 0) is 0 Å². The van der Waals surface area contributed by atoms with E-state index in [0.717, 1.165) is 0 Å². The average Bonchev–Trinajstić information content (AvgIpc) is 2.49. The normalized spacial score (nSPS) is 25.4. The first kappa shape index (κ1) is 14.9. The molecule has 1 aromatic rings. The summed E-state index contributed by atoms with van der Waals surface area (Å²) in [5.41, 5.74) is 6.90. The van der Waals surface area contributed by atoms with E-state index in [2.05, 4.69) is 29.5 Å². The summed E-state index contributed by atoms with van der Waals surface area (Å²) < 4.78 is 0. The van der Waals surface area contributed by atoms with Gasteiger partial charge in [-0.25, -0.2) is 0 Å². The van der Waals surface area contributed by atoms with Crippen molar-refractivity contribution in [1.82, 2.24) is 5.32 Å². The van der Waals surface area contributed by atoms with E-state index in [9.17, 15) is 0 Å². The molecule has 110 valence electrons. The van der Waals surface area contributed by atoms with E-state index in [-0.39, 0.29) is 11.9 Å². The summed E-state index contributed by atoms with van der Waals surface area (Å²) in [6.45, 7) is 2.31. The van der Waals surface area contributed by atoms with Crippen molar-refractivity contribution < 1.29 is 5.21 Å². The van der Waals surface area contributed by atoms with Crippen molar-refractivity contribution in [2.45, 2.75) is 51.1 Å². The van der Waals surface area contributed by atoms with Gasteiger partial charge < -0.3 is 16.3 Å². The smallest absolute Gasteiger partial charge is 0.141 e. The lowest BCUT2D eigenvalue weighted by molar-refractivity contribution is 0.258. The minimum absolute atomic E-state index is 0.109. The van der Waals surface area contributed by atoms with Crippen LogP contribution in [0.15, 0.2) is 35.5 Å². The highest BCUT2D eigenvalue weighted by molar-refractivity contribution is 5.80. The van der Waals surface area contributed by atoms with Crippen LogP contribution in [0.5, 0.6) is 0 Å². The fraction of sp³-hybridized carbons (Fsp3) is 0.562. The van der Waals surface area contributed by atoms with Crippen molar-refractivity contribution in [3.8, 4) is 0 Å². The standard InChI is InChI=1S/C16H25N3O/c1-12-7-5-6-10-14(12)18-15(11-16(17)19-20)13-8-3-2-4-9-13/h2-4,8-9,12,14-15,18,20H,5-7,10-11H2,1H3,(H2,17,19). The van der Waals surface area contributed by atoms with Crippen LogP contribution >= 0.6 is 0 Å². The largest absolute Gasteiger partial charge is 0.409 e. The molecule has 4 nitrogen and oxygen atoms in total. The number of benzene rings is 1. The molecule has 1 saturated carbocycles. The van der Waals surface area contributed by atoms with E-state index in [1.165, 1.54) is 31.2 Å². The quantitative estimate of drug-likeness (QED) is 0.335. The molecular weight excluding hydrogens is 250 g/mol. The maximum absolute atomic E-state index is 8.82. The summed E-state index contributed by atoms with van der Waals surface area (Å²) in [5.74, 6) is 0.956. The lowest BCUT2D eigenvalue weighted by atomic mass is 9.85. The maximum atomic E-state index is 8.82. The Hall–Kier alpha value is -1.55. The molecule has 0 saturated heterocycles. The molecule has 0 heterocycles. The monoisotopic (exact) mass is 275 g/mol. The second-order valence-electron chi connectivity index (χ2n) is 5.79. The Bertz CT molecular complexity index is 433.